The van der Waals surface area contributed by atoms with Gasteiger partial charge in [0.05, 0.1) is 10.3 Å². The summed E-state index contributed by atoms with van der Waals surface area (Å²) >= 11 is 0. The van der Waals surface area contributed by atoms with Crippen LogP contribution in [0.5, 0.6) is 0 Å². The molecule has 0 spiro atoms. The third-order valence-electron chi connectivity index (χ3n) is 10.1. The minimum absolute atomic E-state index is 0.126. The van der Waals surface area contributed by atoms with Crippen LogP contribution >= 0.6 is 0 Å². The van der Waals surface area contributed by atoms with Crippen LogP contribution in [0, 0.1) is 6.92 Å². The van der Waals surface area contributed by atoms with Crippen LogP contribution in [-0.2, 0) is 25.7 Å². The number of fused-ring (bicyclic) bond motifs is 2. The van der Waals surface area contributed by atoms with Crippen LogP contribution < -0.4 is 4.90 Å². The lowest BCUT2D eigenvalue weighted by atomic mass is 9.81. The molecule has 8 heteroatoms. The summed E-state index contributed by atoms with van der Waals surface area (Å²) in [5.74, 6) is -0.795. The minimum atomic E-state index is -4.36. The molecule has 51 heavy (non-hydrogen) atoms. The highest BCUT2D eigenvalue weighted by Gasteiger charge is 2.45. The van der Waals surface area contributed by atoms with Gasteiger partial charge in [0.1, 0.15) is 6.54 Å². The number of nitrogens with zero attached hydrogens (tertiary/aromatic N) is 2. The second-order valence-electron chi connectivity index (χ2n) is 14.6. The van der Waals surface area contributed by atoms with Gasteiger partial charge in [0.25, 0.3) is 10.1 Å². The van der Waals surface area contributed by atoms with Gasteiger partial charge in [-0.3, -0.25) is 9.35 Å². The second-order valence-corrected chi connectivity index (χ2v) is 16.0. The maximum absolute atomic E-state index is 12.0. The Morgan fingerprint density at radius 2 is 1.63 bits per heavy atom. The fourth-order valence-corrected chi connectivity index (χ4v) is 7.89. The summed E-state index contributed by atoms with van der Waals surface area (Å²) in [7, 11) is -4.36. The van der Waals surface area contributed by atoms with Crippen molar-refractivity contribution in [3.63, 3.8) is 0 Å². The van der Waals surface area contributed by atoms with E-state index in [-0.39, 0.29) is 16.7 Å². The van der Waals surface area contributed by atoms with Gasteiger partial charge in [-0.1, -0.05) is 92.3 Å². The van der Waals surface area contributed by atoms with E-state index in [0.717, 1.165) is 49.2 Å². The molecule has 268 valence electrons. The molecule has 2 aliphatic heterocycles. The normalized spacial score (nSPS) is 19.8. The van der Waals surface area contributed by atoms with Crippen molar-refractivity contribution in [2.45, 2.75) is 88.9 Å². The molecule has 0 atom stereocenters. The minimum Gasteiger partial charge on any atom is -0.481 e. The summed E-state index contributed by atoms with van der Waals surface area (Å²) in [5, 5.41) is 9.06. The Labute approximate surface area is 303 Å². The third kappa shape index (κ3) is 8.68. The number of anilines is 1. The van der Waals surface area contributed by atoms with Crippen molar-refractivity contribution in [2.24, 2.45) is 0 Å². The molecule has 0 unspecified atom stereocenters. The second kappa shape index (κ2) is 15.8. The Bertz CT molecular complexity index is 2020. The highest BCUT2D eigenvalue weighted by atomic mass is 32.2. The number of carboxylic acid groups (broad SMARTS) is 1. The first-order valence-electron chi connectivity index (χ1n) is 17.8. The van der Waals surface area contributed by atoms with E-state index in [0.29, 0.717) is 13.0 Å². The number of hydrogen-bond donors (Lipinski definition) is 2. The van der Waals surface area contributed by atoms with E-state index in [1.807, 2.05) is 18.2 Å². The molecule has 0 saturated heterocycles. The molecular formula is C43H51N2O5S+. The number of rotatable bonds is 14. The maximum Gasteiger partial charge on any atom is 0.303 e. The van der Waals surface area contributed by atoms with Crippen molar-refractivity contribution >= 4 is 33.2 Å². The molecule has 0 aromatic heterocycles. The third-order valence-corrected chi connectivity index (χ3v) is 11.0. The zero-order valence-electron chi connectivity index (χ0n) is 30.5. The first kappa shape index (κ1) is 37.7. The molecule has 3 aliphatic rings. The average Bonchev–Trinajstić information content (AvgIpc) is 3.38. The number of benzene rings is 2. The fourth-order valence-electron chi connectivity index (χ4n) is 7.38. The van der Waals surface area contributed by atoms with Crippen LogP contribution in [0.3, 0.4) is 0 Å². The van der Waals surface area contributed by atoms with E-state index in [1.165, 1.54) is 34.2 Å². The lowest BCUT2D eigenvalue weighted by Gasteiger charge is -2.27. The highest BCUT2D eigenvalue weighted by molar-refractivity contribution is 7.85. The van der Waals surface area contributed by atoms with E-state index >= 15 is 0 Å². The topological polar surface area (TPSA) is 97.9 Å². The number of hydrogen-bond acceptors (Lipinski definition) is 4. The molecule has 0 saturated carbocycles. The molecule has 1 aliphatic carbocycles. The monoisotopic (exact) mass is 707 g/mol. The molecule has 5 rings (SSSR count). The Morgan fingerprint density at radius 3 is 2.39 bits per heavy atom. The van der Waals surface area contributed by atoms with E-state index in [9.17, 15) is 17.8 Å². The van der Waals surface area contributed by atoms with Crippen molar-refractivity contribution in [3.8, 4) is 0 Å². The van der Waals surface area contributed by atoms with Crippen molar-refractivity contribution in [2.75, 3.05) is 18.0 Å². The Kier molecular flexibility index (Phi) is 11.7. The molecule has 0 amide bonds. The van der Waals surface area contributed by atoms with Gasteiger partial charge in [-0.2, -0.15) is 13.0 Å². The van der Waals surface area contributed by atoms with Gasteiger partial charge >= 0.3 is 5.97 Å². The van der Waals surface area contributed by atoms with Gasteiger partial charge in [-0.05, 0) is 81.9 Å². The van der Waals surface area contributed by atoms with Crippen LogP contribution in [0.15, 0.2) is 125 Å². The predicted octanol–water partition coefficient (Wildman–Crippen LogP) is 9.45. The summed E-state index contributed by atoms with van der Waals surface area (Å²) < 4.78 is 36.0. The average molecular weight is 708 g/mol. The van der Waals surface area contributed by atoms with Gasteiger partial charge in [-0.25, -0.2) is 0 Å². The van der Waals surface area contributed by atoms with Crippen LogP contribution in [0.1, 0.15) is 82.9 Å². The zero-order chi connectivity index (χ0) is 36.8. The summed E-state index contributed by atoms with van der Waals surface area (Å²) in [6, 6.07) is 11.5. The van der Waals surface area contributed by atoms with Gasteiger partial charge < -0.3 is 10.0 Å². The fraction of sp³-hybridized carbons (Fsp3) is 0.349. The molecule has 2 aromatic carbocycles. The Balaban J connectivity index is 1.40. The maximum atomic E-state index is 12.0. The van der Waals surface area contributed by atoms with Crippen molar-refractivity contribution in [1.82, 2.24) is 0 Å². The number of unbranched alkanes of at least 4 members (excludes halogenated alkanes) is 2. The molecule has 0 bridgehead atoms. The Hall–Kier alpha value is -4.53. The zero-order valence-corrected chi connectivity index (χ0v) is 31.3. The summed E-state index contributed by atoms with van der Waals surface area (Å²) in [4.78, 5) is 13.4. The van der Waals surface area contributed by atoms with Crippen molar-refractivity contribution < 1.29 is 27.4 Å². The van der Waals surface area contributed by atoms with E-state index < -0.39 is 21.5 Å². The molecule has 2 aromatic rings. The van der Waals surface area contributed by atoms with Crippen molar-refractivity contribution in [3.05, 3.63) is 137 Å². The molecular weight excluding hydrogens is 657 g/mol. The molecule has 0 fully saturated rings. The lowest BCUT2D eigenvalue weighted by molar-refractivity contribution is -0.438. The number of aliphatic carboxylic acids is 1. The van der Waals surface area contributed by atoms with E-state index in [1.54, 1.807) is 12.1 Å². The number of aryl methyl sites for hydroxylation is 1. The highest BCUT2D eigenvalue weighted by Crippen LogP contribution is 2.48. The number of allylic oxidation sites excluding steroid dienone is 14. The van der Waals surface area contributed by atoms with Crippen molar-refractivity contribution in [1.29, 1.82) is 0 Å². The van der Waals surface area contributed by atoms with Gasteiger partial charge in [0.15, 0.2) is 5.71 Å². The molecule has 2 N–H and O–H groups in total. The molecule has 7 nitrogen and oxygen atoms in total. The first-order chi connectivity index (χ1) is 24.2. The van der Waals surface area contributed by atoms with E-state index in [2.05, 4.69) is 117 Å². The molecule has 2 heterocycles. The summed E-state index contributed by atoms with van der Waals surface area (Å²) in [6.07, 6.45) is 29.5. The largest absolute Gasteiger partial charge is 0.481 e. The van der Waals surface area contributed by atoms with Gasteiger partial charge in [0, 0.05) is 53.9 Å². The Morgan fingerprint density at radius 1 is 0.863 bits per heavy atom. The smallest absolute Gasteiger partial charge is 0.303 e. The van der Waals surface area contributed by atoms with Gasteiger partial charge in [0.2, 0.25) is 5.69 Å². The molecule has 0 radical (unpaired) electrons. The standard InChI is InChI=1S/C43H50N2O5S/c1-32-24-26-37-35(30-32)42(2,3)39(45(37)29-17-20-33-18-11-7-6-8-12-19-33)21-13-9-14-22-40-43(4,5)36-31-34(51(48,49)50)25-27-38(36)44(40)28-16-10-15-23-41(46)47/h6-9,11-14,18-19,21-22,24-27,30-31H,10,15-17,20,23,28-29H2,1-5H3,(H-,46,47,48,49,50)/p+1/b7-6-,8-6?,11-7?,12-8-,18-11?,19-12?,33-18?,33-19?. The number of carboxylic acids is 1. The summed E-state index contributed by atoms with van der Waals surface area (Å²) in [5.41, 5.74) is 8.43. The first-order valence-corrected chi connectivity index (χ1v) is 19.3. The quantitative estimate of drug-likeness (QED) is 0.0879. The SMILES string of the molecule is Cc1ccc2c(c1)C(C)(C)C(=CC=CC=CC1=[N+](CCCCCC(=O)O)c3ccc(S(=O)(=O)O)cc3C1(C)C)N2CCCC1=C/C=C\C=C/C=C1. The van der Waals surface area contributed by atoms with Crippen LogP contribution in [0.2, 0.25) is 0 Å². The lowest BCUT2D eigenvalue weighted by Crippen LogP contribution is -2.28. The summed E-state index contributed by atoms with van der Waals surface area (Å²) in [6.45, 7) is 12.4. The van der Waals surface area contributed by atoms with Gasteiger partial charge in [-0.15, -0.1) is 0 Å². The van der Waals surface area contributed by atoms with Crippen LogP contribution in [0.25, 0.3) is 0 Å². The van der Waals surface area contributed by atoms with Crippen LogP contribution in [0.4, 0.5) is 11.4 Å². The van der Waals surface area contributed by atoms with Crippen LogP contribution in [-0.4, -0.2) is 47.4 Å². The number of carbonyl (C=O) groups is 1. The predicted molar refractivity (Wildman–Crippen MR) is 208 cm³/mol. The van der Waals surface area contributed by atoms with E-state index in [4.69, 9.17) is 5.11 Å².